The second-order valence-corrected chi connectivity index (χ2v) is 8.42. The summed E-state index contributed by atoms with van der Waals surface area (Å²) in [7, 11) is -2.36. The minimum Gasteiger partial charge on any atom is -0.497 e. The second kappa shape index (κ2) is 7.72. The van der Waals surface area contributed by atoms with E-state index in [2.05, 4.69) is 15.4 Å². The average molecular weight is 419 g/mol. The molecule has 9 nitrogen and oxygen atoms in total. The van der Waals surface area contributed by atoms with Gasteiger partial charge in [-0.05, 0) is 62.4 Å². The van der Waals surface area contributed by atoms with Crippen LogP contribution < -0.4 is 24.8 Å². The Morgan fingerprint density at radius 2 is 1.48 bits per heavy atom. The van der Waals surface area contributed by atoms with Gasteiger partial charge in [-0.25, -0.2) is 17.9 Å². The van der Waals surface area contributed by atoms with Crippen molar-refractivity contribution in [3.05, 3.63) is 48.5 Å². The summed E-state index contributed by atoms with van der Waals surface area (Å²) in [6, 6.07) is 11.2. The molecule has 0 radical (unpaired) electrons. The fourth-order valence-electron chi connectivity index (χ4n) is 2.75. The third-order valence-electron chi connectivity index (χ3n) is 4.70. The third-order valence-corrected chi connectivity index (χ3v) is 6.26. The molecular formula is C19H21N3O6S. The molecule has 0 spiro atoms. The molecule has 3 rings (SSSR count). The van der Waals surface area contributed by atoms with Gasteiger partial charge in [-0.2, -0.15) is 0 Å². The van der Waals surface area contributed by atoms with Gasteiger partial charge in [0.25, 0.3) is 5.91 Å². The molecule has 10 heteroatoms. The number of imide groups is 1. The van der Waals surface area contributed by atoms with Gasteiger partial charge in [-0.15, -0.1) is 0 Å². The van der Waals surface area contributed by atoms with Crippen LogP contribution in [0.15, 0.2) is 53.4 Å². The lowest BCUT2D eigenvalue weighted by Gasteiger charge is -2.28. The van der Waals surface area contributed by atoms with Gasteiger partial charge in [-0.3, -0.25) is 10.1 Å². The Labute approximate surface area is 168 Å². The third kappa shape index (κ3) is 4.33. The van der Waals surface area contributed by atoms with Crippen molar-refractivity contribution in [2.24, 2.45) is 0 Å². The SMILES string of the molecule is COc1ccc(Oc2ccc(S(=O)(=O)N[C@H](C)[C@]3(C)NC(=O)NC3=O)cc2)cc1. The maximum absolute atomic E-state index is 12.7. The maximum atomic E-state index is 12.7. The summed E-state index contributed by atoms with van der Waals surface area (Å²) in [4.78, 5) is 23.4. The van der Waals surface area contributed by atoms with Crippen LogP contribution in [0, 0.1) is 0 Å². The van der Waals surface area contributed by atoms with Gasteiger partial charge in [0, 0.05) is 0 Å². The molecule has 1 fully saturated rings. The van der Waals surface area contributed by atoms with E-state index in [0.717, 1.165) is 0 Å². The summed E-state index contributed by atoms with van der Waals surface area (Å²) in [6.07, 6.45) is 0. The number of carbonyl (C=O) groups is 2. The molecule has 0 saturated carbocycles. The van der Waals surface area contributed by atoms with E-state index in [0.29, 0.717) is 17.2 Å². The number of ether oxygens (including phenoxy) is 2. The van der Waals surface area contributed by atoms with Gasteiger partial charge < -0.3 is 14.8 Å². The molecule has 29 heavy (non-hydrogen) atoms. The van der Waals surface area contributed by atoms with E-state index in [9.17, 15) is 18.0 Å². The minimum absolute atomic E-state index is 0.000220. The number of amides is 3. The van der Waals surface area contributed by atoms with E-state index >= 15 is 0 Å². The number of rotatable bonds is 7. The maximum Gasteiger partial charge on any atom is 0.322 e. The summed E-state index contributed by atoms with van der Waals surface area (Å²) in [5.74, 6) is 1.13. The zero-order valence-electron chi connectivity index (χ0n) is 16.1. The van der Waals surface area contributed by atoms with Crippen molar-refractivity contribution in [1.82, 2.24) is 15.4 Å². The van der Waals surface area contributed by atoms with Gasteiger partial charge in [-0.1, -0.05) is 0 Å². The molecule has 2 aromatic carbocycles. The Morgan fingerprint density at radius 1 is 0.966 bits per heavy atom. The smallest absolute Gasteiger partial charge is 0.322 e. The first-order valence-corrected chi connectivity index (χ1v) is 10.2. The summed E-state index contributed by atoms with van der Waals surface area (Å²) in [5.41, 5.74) is -1.39. The van der Waals surface area contributed by atoms with Gasteiger partial charge in [0.1, 0.15) is 22.8 Å². The highest BCUT2D eigenvalue weighted by Gasteiger charge is 2.47. The zero-order valence-corrected chi connectivity index (χ0v) is 16.9. The van der Waals surface area contributed by atoms with Crippen LogP contribution in [-0.2, 0) is 14.8 Å². The molecule has 2 aromatic rings. The predicted octanol–water partition coefficient (Wildman–Crippen LogP) is 1.75. The highest BCUT2D eigenvalue weighted by atomic mass is 32.2. The Kier molecular flexibility index (Phi) is 5.49. The zero-order chi connectivity index (χ0) is 21.2. The second-order valence-electron chi connectivity index (χ2n) is 6.70. The van der Waals surface area contributed by atoms with Crippen molar-refractivity contribution in [3.63, 3.8) is 0 Å². The number of urea groups is 1. The molecule has 0 unspecified atom stereocenters. The van der Waals surface area contributed by atoms with Crippen LogP contribution >= 0.6 is 0 Å². The average Bonchev–Trinajstić information content (AvgIpc) is 2.95. The van der Waals surface area contributed by atoms with Crippen molar-refractivity contribution < 1.29 is 27.5 Å². The summed E-state index contributed by atoms with van der Waals surface area (Å²) in [5, 5.41) is 4.55. The van der Waals surface area contributed by atoms with Crippen LogP contribution in [0.4, 0.5) is 4.79 Å². The molecule has 0 aliphatic carbocycles. The number of sulfonamides is 1. The van der Waals surface area contributed by atoms with Crippen molar-refractivity contribution >= 4 is 22.0 Å². The standard InChI is InChI=1S/C19H21N3O6S/c1-12(19(2)17(23)20-18(24)21-19)22-29(25,26)16-10-8-15(9-11-16)28-14-6-4-13(27-3)5-7-14/h4-12,22H,1-3H3,(H2,20,21,23,24)/t12-,19+/m1/s1. The first-order valence-electron chi connectivity index (χ1n) is 8.72. The van der Waals surface area contributed by atoms with Gasteiger partial charge in [0.2, 0.25) is 10.0 Å². The van der Waals surface area contributed by atoms with Crippen LogP contribution in [0.3, 0.4) is 0 Å². The molecule has 1 heterocycles. The fourth-order valence-corrected chi connectivity index (χ4v) is 4.08. The molecule has 0 bridgehead atoms. The van der Waals surface area contributed by atoms with Crippen LogP contribution in [-0.4, -0.2) is 39.0 Å². The highest BCUT2D eigenvalue weighted by molar-refractivity contribution is 7.89. The normalized spacial score (nSPS) is 20.0. The highest BCUT2D eigenvalue weighted by Crippen LogP contribution is 2.25. The van der Waals surface area contributed by atoms with Crippen LogP contribution in [0.2, 0.25) is 0 Å². The number of methoxy groups -OCH3 is 1. The minimum atomic E-state index is -3.93. The Morgan fingerprint density at radius 3 is 1.97 bits per heavy atom. The number of carbonyl (C=O) groups excluding carboxylic acids is 2. The molecule has 0 aromatic heterocycles. The molecule has 154 valence electrons. The lowest BCUT2D eigenvalue weighted by Crippen LogP contribution is -2.59. The van der Waals surface area contributed by atoms with E-state index in [-0.39, 0.29) is 4.90 Å². The van der Waals surface area contributed by atoms with E-state index in [4.69, 9.17) is 9.47 Å². The van der Waals surface area contributed by atoms with Gasteiger partial charge >= 0.3 is 6.03 Å². The molecule has 1 aliphatic heterocycles. The van der Waals surface area contributed by atoms with Crippen LogP contribution in [0.25, 0.3) is 0 Å². The van der Waals surface area contributed by atoms with E-state index < -0.39 is 33.5 Å². The monoisotopic (exact) mass is 419 g/mol. The fraction of sp³-hybridized carbons (Fsp3) is 0.263. The number of hydrogen-bond donors (Lipinski definition) is 3. The summed E-state index contributed by atoms with van der Waals surface area (Å²) < 4.78 is 38.5. The molecule has 1 saturated heterocycles. The quantitative estimate of drug-likeness (QED) is 0.588. The first-order chi connectivity index (χ1) is 13.6. The summed E-state index contributed by atoms with van der Waals surface area (Å²) >= 11 is 0. The van der Waals surface area contributed by atoms with E-state index in [1.807, 2.05) is 0 Å². The van der Waals surface area contributed by atoms with Crippen molar-refractivity contribution in [1.29, 1.82) is 0 Å². The molecule has 3 N–H and O–H groups in total. The lowest BCUT2D eigenvalue weighted by atomic mass is 9.95. The lowest BCUT2D eigenvalue weighted by molar-refractivity contribution is -0.124. The van der Waals surface area contributed by atoms with Crippen LogP contribution in [0.5, 0.6) is 17.2 Å². The molecular weight excluding hydrogens is 398 g/mol. The largest absolute Gasteiger partial charge is 0.497 e. The van der Waals surface area contributed by atoms with Crippen molar-refractivity contribution in [2.75, 3.05) is 7.11 Å². The Hall–Kier alpha value is -3.11. The Balaban J connectivity index is 1.70. The first kappa shape index (κ1) is 20.6. The van der Waals surface area contributed by atoms with Crippen molar-refractivity contribution in [2.45, 2.75) is 30.3 Å². The summed E-state index contributed by atoms with van der Waals surface area (Å²) in [6.45, 7) is 2.95. The number of hydrogen-bond acceptors (Lipinski definition) is 6. The molecule has 3 amide bonds. The topological polar surface area (TPSA) is 123 Å². The van der Waals surface area contributed by atoms with E-state index in [1.54, 1.807) is 31.4 Å². The van der Waals surface area contributed by atoms with E-state index in [1.165, 1.54) is 38.1 Å². The molecule has 1 aliphatic rings. The number of benzene rings is 2. The predicted molar refractivity (Wildman–Crippen MR) is 104 cm³/mol. The number of nitrogens with one attached hydrogen (secondary N) is 3. The van der Waals surface area contributed by atoms with Crippen molar-refractivity contribution in [3.8, 4) is 17.2 Å². The Bertz CT molecular complexity index is 1020. The van der Waals surface area contributed by atoms with Gasteiger partial charge in [0.15, 0.2) is 0 Å². The van der Waals surface area contributed by atoms with Crippen LogP contribution in [0.1, 0.15) is 13.8 Å². The van der Waals surface area contributed by atoms with Gasteiger partial charge in [0.05, 0.1) is 18.0 Å². The molecule has 2 atom stereocenters.